The van der Waals surface area contributed by atoms with Gasteiger partial charge in [0.15, 0.2) is 0 Å². The highest BCUT2D eigenvalue weighted by Crippen LogP contribution is 2.12. The van der Waals surface area contributed by atoms with Crippen LogP contribution in [0.5, 0.6) is 0 Å². The summed E-state index contributed by atoms with van der Waals surface area (Å²) in [6, 6.07) is 8.71. The molecule has 0 saturated heterocycles. The Kier molecular flexibility index (Phi) is 7.59. The molecule has 1 aromatic rings. The van der Waals surface area contributed by atoms with Crippen molar-refractivity contribution < 1.29 is 19.1 Å². The van der Waals surface area contributed by atoms with Gasteiger partial charge in [-0.3, -0.25) is 0 Å². The molecule has 0 heterocycles. The molecule has 0 bridgehead atoms. The van der Waals surface area contributed by atoms with E-state index in [1.807, 2.05) is 37.3 Å². The zero-order valence-electron chi connectivity index (χ0n) is 14.4. The Labute approximate surface area is 138 Å². The third-order valence-electron chi connectivity index (χ3n) is 3.04. The molecule has 128 valence electrons. The van der Waals surface area contributed by atoms with Crippen LogP contribution >= 0.6 is 0 Å². The topological polar surface area (TPSA) is 64.6 Å². The summed E-state index contributed by atoms with van der Waals surface area (Å²) in [5.41, 5.74) is 0.307. The van der Waals surface area contributed by atoms with Gasteiger partial charge in [-0.1, -0.05) is 50.1 Å². The van der Waals surface area contributed by atoms with Crippen LogP contribution in [-0.2, 0) is 20.9 Å². The Hall–Kier alpha value is -2.04. The number of hydrogen-bond donors (Lipinski definition) is 1. The first-order valence-corrected chi connectivity index (χ1v) is 8.02. The standard InChI is InChI=1S/C18H27NO4/c1-5-6-12-15(16(20)23-18(2,3)4)19-17(21)22-13-14-10-8-7-9-11-14/h7-11,15H,5-6,12-13H2,1-4H3,(H,19,21). The summed E-state index contributed by atoms with van der Waals surface area (Å²) in [5, 5.41) is 2.61. The third kappa shape index (κ3) is 8.24. The van der Waals surface area contributed by atoms with Crippen molar-refractivity contribution in [2.24, 2.45) is 0 Å². The van der Waals surface area contributed by atoms with E-state index in [9.17, 15) is 9.59 Å². The fourth-order valence-electron chi connectivity index (χ4n) is 1.94. The number of unbranched alkanes of at least 4 members (excludes halogenated alkanes) is 1. The van der Waals surface area contributed by atoms with Crippen molar-refractivity contribution in [2.45, 2.75) is 65.2 Å². The van der Waals surface area contributed by atoms with Crippen molar-refractivity contribution in [3.63, 3.8) is 0 Å². The maximum atomic E-state index is 12.2. The highest BCUT2D eigenvalue weighted by Gasteiger charge is 2.26. The molecule has 1 atom stereocenters. The van der Waals surface area contributed by atoms with Crippen molar-refractivity contribution in [2.75, 3.05) is 0 Å². The van der Waals surface area contributed by atoms with Crippen molar-refractivity contribution in [1.82, 2.24) is 5.32 Å². The van der Waals surface area contributed by atoms with Gasteiger partial charge in [0.05, 0.1) is 0 Å². The zero-order valence-corrected chi connectivity index (χ0v) is 14.4. The van der Waals surface area contributed by atoms with Gasteiger partial charge in [0.25, 0.3) is 0 Å². The Morgan fingerprint density at radius 3 is 2.39 bits per heavy atom. The van der Waals surface area contributed by atoms with Crippen LogP contribution in [0.4, 0.5) is 4.79 Å². The highest BCUT2D eigenvalue weighted by atomic mass is 16.6. The Morgan fingerprint density at radius 1 is 1.17 bits per heavy atom. The molecule has 0 fully saturated rings. The van der Waals surface area contributed by atoms with E-state index in [2.05, 4.69) is 5.32 Å². The number of carbonyl (C=O) groups excluding carboxylic acids is 2. The van der Waals surface area contributed by atoms with Gasteiger partial charge in [0, 0.05) is 0 Å². The van der Waals surface area contributed by atoms with Crippen LogP contribution in [-0.4, -0.2) is 23.7 Å². The highest BCUT2D eigenvalue weighted by molar-refractivity contribution is 5.81. The maximum Gasteiger partial charge on any atom is 0.408 e. The number of benzene rings is 1. The van der Waals surface area contributed by atoms with Crippen molar-refractivity contribution in [1.29, 1.82) is 0 Å². The minimum Gasteiger partial charge on any atom is -0.458 e. The lowest BCUT2D eigenvalue weighted by molar-refractivity contribution is -0.157. The molecular weight excluding hydrogens is 294 g/mol. The van der Waals surface area contributed by atoms with E-state index in [4.69, 9.17) is 9.47 Å². The van der Waals surface area contributed by atoms with E-state index in [1.165, 1.54) is 0 Å². The van der Waals surface area contributed by atoms with Crippen LogP contribution in [0.15, 0.2) is 30.3 Å². The number of carbonyl (C=O) groups is 2. The molecule has 0 aliphatic heterocycles. The number of ether oxygens (including phenoxy) is 2. The number of nitrogens with one attached hydrogen (secondary N) is 1. The molecular formula is C18H27NO4. The van der Waals surface area contributed by atoms with Gasteiger partial charge in [-0.05, 0) is 32.8 Å². The van der Waals surface area contributed by atoms with Gasteiger partial charge in [0.2, 0.25) is 0 Å². The lowest BCUT2D eigenvalue weighted by Crippen LogP contribution is -2.44. The predicted octanol–water partition coefficient (Wildman–Crippen LogP) is 3.81. The van der Waals surface area contributed by atoms with Gasteiger partial charge in [-0.15, -0.1) is 0 Å². The molecule has 5 nitrogen and oxygen atoms in total. The summed E-state index contributed by atoms with van der Waals surface area (Å²) in [4.78, 5) is 24.1. The van der Waals surface area contributed by atoms with E-state index in [-0.39, 0.29) is 6.61 Å². The molecule has 1 rings (SSSR count). The molecule has 0 saturated carbocycles. The summed E-state index contributed by atoms with van der Waals surface area (Å²) < 4.78 is 10.5. The van der Waals surface area contributed by atoms with Crippen LogP contribution in [0.3, 0.4) is 0 Å². The van der Waals surface area contributed by atoms with Gasteiger partial charge in [-0.25, -0.2) is 9.59 Å². The number of alkyl carbamates (subject to hydrolysis) is 1. The minimum atomic E-state index is -0.683. The van der Waals surface area contributed by atoms with Crippen LogP contribution in [0.2, 0.25) is 0 Å². The summed E-state index contributed by atoms with van der Waals surface area (Å²) in [6.45, 7) is 7.60. The van der Waals surface area contributed by atoms with Gasteiger partial charge >= 0.3 is 12.1 Å². The zero-order chi connectivity index (χ0) is 17.3. The van der Waals surface area contributed by atoms with Crippen molar-refractivity contribution >= 4 is 12.1 Å². The Morgan fingerprint density at radius 2 is 1.83 bits per heavy atom. The Bertz CT molecular complexity index is 493. The van der Waals surface area contributed by atoms with E-state index in [0.29, 0.717) is 6.42 Å². The fourth-order valence-corrected chi connectivity index (χ4v) is 1.94. The average molecular weight is 321 g/mol. The number of rotatable bonds is 7. The largest absolute Gasteiger partial charge is 0.458 e. The maximum absolute atomic E-state index is 12.2. The molecule has 23 heavy (non-hydrogen) atoms. The normalized spacial score (nSPS) is 12.3. The first-order chi connectivity index (χ1) is 10.8. The number of amides is 1. The predicted molar refractivity (Wildman–Crippen MR) is 88.9 cm³/mol. The van der Waals surface area contributed by atoms with Crippen LogP contribution < -0.4 is 5.32 Å². The van der Waals surface area contributed by atoms with E-state index in [1.54, 1.807) is 20.8 Å². The number of hydrogen-bond acceptors (Lipinski definition) is 4. The summed E-state index contributed by atoms with van der Waals surface area (Å²) >= 11 is 0. The van der Waals surface area contributed by atoms with E-state index >= 15 is 0 Å². The molecule has 1 unspecified atom stereocenters. The summed E-state index contributed by atoms with van der Waals surface area (Å²) in [5.74, 6) is -0.428. The smallest absolute Gasteiger partial charge is 0.408 e. The second-order valence-corrected chi connectivity index (χ2v) is 6.43. The molecule has 1 amide bonds. The molecule has 0 radical (unpaired) electrons. The molecule has 0 aromatic heterocycles. The molecule has 1 aromatic carbocycles. The lowest BCUT2D eigenvalue weighted by atomic mass is 10.1. The van der Waals surface area contributed by atoms with Gasteiger partial charge in [0.1, 0.15) is 18.2 Å². The lowest BCUT2D eigenvalue weighted by Gasteiger charge is -2.24. The number of esters is 1. The molecule has 5 heteroatoms. The average Bonchev–Trinajstić information content (AvgIpc) is 2.48. The second-order valence-electron chi connectivity index (χ2n) is 6.43. The first-order valence-electron chi connectivity index (χ1n) is 8.02. The van der Waals surface area contributed by atoms with Gasteiger partial charge < -0.3 is 14.8 Å². The van der Waals surface area contributed by atoms with Crippen molar-refractivity contribution in [3.8, 4) is 0 Å². The van der Waals surface area contributed by atoms with Gasteiger partial charge in [-0.2, -0.15) is 0 Å². The molecule has 1 N–H and O–H groups in total. The first kappa shape index (κ1) is 19.0. The second kappa shape index (κ2) is 9.18. The molecule has 0 aliphatic carbocycles. The van der Waals surface area contributed by atoms with Crippen molar-refractivity contribution in [3.05, 3.63) is 35.9 Å². The SMILES string of the molecule is CCCCC(NC(=O)OCc1ccccc1)C(=O)OC(C)(C)C. The monoisotopic (exact) mass is 321 g/mol. The fraction of sp³-hybridized carbons (Fsp3) is 0.556. The van der Waals surface area contributed by atoms with Crippen LogP contribution in [0, 0.1) is 0 Å². The summed E-state index contributed by atoms with van der Waals surface area (Å²) in [7, 11) is 0. The quantitative estimate of drug-likeness (QED) is 0.776. The third-order valence-corrected chi connectivity index (χ3v) is 3.04. The Balaban J connectivity index is 2.54. The minimum absolute atomic E-state index is 0.168. The van der Waals surface area contributed by atoms with E-state index < -0.39 is 23.7 Å². The molecule has 0 aliphatic rings. The summed E-state index contributed by atoms with van der Waals surface area (Å²) in [6.07, 6.45) is 1.68. The van der Waals surface area contributed by atoms with Crippen LogP contribution in [0.1, 0.15) is 52.5 Å². The molecule has 0 spiro atoms. The van der Waals surface area contributed by atoms with E-state index in [0.717, 1.165) is 18.4 Å². The van der Waals surface area contributed by atoms with Crippen LogP contribution in [0.25, 0.3) is 0 Å².